The van der Waals surface area contributed by atoms with Gasteiger partial charge in [0.25, 0.3) is 0 Å². The van der Waals surface area contributed by atoms with Gasteiger partial charge in [0.1, 0.15) is 5.01 Å². The van der Waals surface area contributed by atoms with Crippen LogP contribution in [0.1, 0.15) is 0 Å². The summed E-state index contributed by atoms with van der Waals surface area (Å²) in [6.07, 6.45) is 0. The number of halogens is 2. The summed E-state index contributed by atoms with van der Waals surface area (Å²) in [5.74, 6) is -0.140. The number of thiazole rings is 1. The van der Waals surface area contributed by atoms with E-state index in [9.17, 15) is 4.39 Å². The summed E-state index contributed by atoms with van der Waals surface area (Å²) in [6, 6.07) is 12.8. The van der Waals surface area contributed by atoms with Gasteiger partial charge in [0.2, 0.25) is 0 Å². The summed E-state index contributed by atoms with van der Waals surface area (Å²) in [5.41, 5.74) is 2.81. The van der Waals surface area contributed by atoms with Crippen molar-refractivity contribution in [3.05, 3.63) is 58.1 Å². The molecule has 5 heteroatoms. The van der Waals surface area contributed by atoms with Crippen molar-refractivity contribution in [1.29, 1.82) is 0 Å². The van der Waals surface area contributed by atoms with Crippen LogP contribution in [-0.4, -0.2) is 12.1 Å². The third kappa shape index (κ3) is 2.99. The molecule has 0 aliphatic carbocycles. The molecular formula is C16H11BrFNOS. The number of nitrogens with zero attached hydrogens (tertiary/aromatic N) is 1. The molecule has 0 unspecified atom stereocenters. The van der Waals surface area contributed by atoms with Gasteiger partial charge in [-0.3, -0.25) is 0 Å². The first-order chi connectivity index (χ1) is 10.2. The largest absolute Gasteiger partial charge is 0.494 e. The molecule has 0 radical (unpaired) electrons. The molecule has 0 saturated carbocycles. The van der Waals surface area contributed by atoms with Crippen LogP contribution in [0, 0.1) is 5.82 Å². The molecular weight excluding hydrogens is 353 g/mol. The zero-order valence-electron chi connectivity index (χ0n) is 11.1. The topological polar surface area (TPSA) is 22.1 Å². The number of benzene rings is 2. The molecule has 0 aliphatic rings. The highest BCUT2D eigenvalue weighted by Crippen LogP contribution is 2.32. The number of rotatable bonds is 3. The molecule has 2 nitrogen and oxygen atoms in total. The van der Waals surface area contributed by atoms with Crippen LogP contribution in [0.5, 0.6) is 5.75 Å². The third-order valence-corrected chi connectivity index (χ3v) is 4.46. The van der Waals surface area contributed by atoms with Crippen molar-refractivity contribution in [2.75, 3.05) is 7.11 Å². The highest BCUT2D eigenvalue weighted by atomic mass is 79.9. The van der Waals surface area contributed by atoms with Crippen LogP contribution in [0.3, 0.4) is 0 Å². The fourth-order valence-electron chi connectivity index (χ4n) is 1.95. The molecule has 106 valence electrons. The molecule has 3 aromatic rings. The first kappa shape index (κ1) is 14.2. The lowest BCUT2D eigenvalue weighted by atomic mass is 10.2. The van der Waals surface area contributed by atoms with Gasteiger partial charge in [-0.1, -0.05) is 28.1 Å². The lowest BCUT2D eigenvalue weighted by molar-refractivity contribution is 0.387. The van der Waals surface area contributed by atoms with Crippen molar-refractivity contribution in [1.82, 2.24) is 4.98 Å². The molecule has 2 aromatic carbocycles. The van der Waals surface area contributed by atoms with Crippen molar-refractivity contribution in [3.8, 4) is 27.6 Å². The summed E-state index contributed by atoms with van der Waals surface area (Å²) < 4.78 is 19.5. The van der Waals surface area contributed by atoms with Gasteiger partial charge in [0, 0.05) is 21.0 Å². The van der Waals surface area contributed by atoms with Gasteiger partial charge in [-0.2, -0.15) is 0 Å². The quantitative estimate of drug-likeness (QED) is 0.622. The Kier molecular flexibility index (Phi) is 4.03. The van der Waals surface area contributed by atoms with Crippen LogP contribution >= 0.6 is 27.3 Å². The molecule has 0 amide bonds. The van der Waals surface area contributed by atoms with Gasteiger partial charge in [-0.25, -0.2) is 9.37 Å². The smallest absolute Gasteiger partial charge is 0.165 e. The molecule has 3 rings (SSSR count). The van der Waals surface area contributed by atoms with E-state index in [-0.39, 0.29) is 11.6 Å². The van der Waals surface area contributed by atoms with E-state index < -0.39 is 0 Å². The Labute approximate surface area is 134 Å². The van der Waals surface area contributed by atoms with Crippen LogP contribution < -0.4 is 4.74 Å². The average molecular weight is 364 g/mol. The summed E-state index contributed by atoms with van der Waals surface area (Å²) in [5, 5.41) is 2.83. The maximum atomic E-state index is 13.4. The summed E-state index contributed by atoms with van der Waals surface area (Å²) in [4.78, 5) is 4.61. The molecule has 0 spiro atoms. The monoisotopic (exact) mass is 363 g/mol. The Bertz CT molecular complexity index is 770. The van der Waals surface area contributed by atoms with Gasteiger partial charge in [-0.05, 0) is 30.3 Å². The zero-order valence-corrected chi connectivity index (χ0v) is 13.5. The van der Waals surface area contributed by atoms with Gasteiger partial charge in [0.15, 0.2) is 11.6 Å². The van der Waals surface area contributed by atoms with Crippen LogP contribution in [0.2, 0.25) is 0 Å². The van der Waals surface area contributed by atoms with Crippen molar-refractivity contribution < 1.29 is 9.13 Å². The molecule has 0 bridgehead atoms. The Morgan fingerprint density at radius 1 is 1.10 bits per heavy atom. The van der Waals surface area contributed by atoms with Gasteiger partial charge in [0.05, 0.1) is 12.8 Å². The maximum absolute atomic E-state index is 13.4. The lowest BCUT2D eigenvalue weighted by Crippen LogP contribution is -1.88. The van der Waals surface area contributed by atoms with Gasteiger partial charge in [-0.15, -0.1) is 11.3 Å². The highest BCUT2D eigenvalue weighted by molar-refractivity contribution is 9.10. The normalized spacial score (nSPS) is 10.6. The molecule has 0 N–H and O–H groups in total. The predicted octanol–water partition coefficient (Wildman–Crippen LogP) is 5.39. The van der Waals surface area contributed by atoms with Crippen LogP contribution in [0.4, 0.5) is 4.39 Å². The predicted molar refractivity (Wildman–Crippen MR) is 87.2 cm³/mol. The maximum Gasteiger partial charge on any atom is 0.165 e. The second-order valence-electron chi connectivity index (χ2n) is 4.39. The van der Waals surface area contributed by atoms with E-state index in [2.05, 4.69) is 20.9 Å². The molecule has 0 saturated heterocycles. The first-order valence-electron chi connectivity index (χ1n) is 6.23. The van der Waals surface area contributed by atoms with E-state index in [1.54, 1.807) is 12.1 Å². The molecule has 21 heavy (non-hydrogen) atoms. The van der Waals surface area contributed by atoms with Crippen molar-refractivity contribution >= 4 is 27.3 Å². The third-order valence-electron chi connectivity index (χ3n) is 3.04. The van der Waals surface area contributed by atoms with E-state index in [0.29, 0.717) is 0 Å². The number of methoxy groups -OCH3 is 1. The van der Waals surface area contributed by atoms with E-state index >= 15 is 0 Å². The zero-order chi connectivity index (χ0) is 14.8. The van der Waals surface area contributed by atoms with Crippen molar-refractivity contribution in [3.63, 3.8) is 0 Å². The van der Waals surface area contributed by atoms with Gasteiger partial charge < -0.3 is 4.74 Å². The minimum absolute atomic E-state index is 0.230. The van der Waals surface area contributed by atoms with Crippen LogP contribution in [-0.2, 0) is 0 Å². The van der Waals surface area contributed by atoms with Crippen molar-refractivity contribution in [2.24, 2.45) is 0 Å². The molecule has 0 aliphatic heterocycles. The highest BCUT2D eigenvalue weighted by Gasteiger charge is 2.10. The lowest BCUT2D eigenvalue weighted by Gasteiger charge is -2.03. The second-order valence-corrected chi connectivity index (χ2v) is 6.17. The number of hydrogen-bond acceptors (Lipinski definition) is 3. The van der Waals surface area contributed by atoms with E-state index in [1.807, 2.05) is 29.6 Å². The number of hydrogen-bond donors (Lipinski definition) is 0. The Hall–Kier alpha value is -1.72. The standard InChI is InChI=1S/C16H11BrFNOS/c1-20-15-8-11(4-7-13(15)18)16-19-14(9-21-16)10-2-5-12(17)6-3-10/h2-9H,1H3. The number of ether oxygens (including phenoxy) is 1. The Morgan fingerprint density at radius 2 is 1.81 bits per heavy atom. The molecule has 0 fully saturated rings. The fraction of sp³-hybridized carbons (Fsp3) is 0.0625. The first-order valence-corrected chi connectivity index (χ1v) is 7.90. The summed E-state index contributed by atoms with van der Waals surface area (Å²) in [7, 11) is 1.46. The Balaban J connectivity index is 1.96. The van der Waals surface area contributed by atoms with E-state index in [0.717, 1.165) is 26.3 Å². The minimum Gasteiger partial charge on any atom is -0.494 e. The second kappa shape index (κ2) is 5.95. The molecule has 0 atom stereocenters. The van der Waals surface area contributed by atoms with Gasteiger partial charge >= 0.3 is 0 Å². The molecule has 1 aromatic heterocycles. The van der Waals surface area contributed by atoms with E-state index in [1.165, 1.54) is 24.5 Å². The van der Waals surface area contributed by atoms with Crippen molar-refractivity contribution in [2.45, 2.75) is 0 Å². The molecule has 1 heterocycles. The van der Waals surface area contributed by atoms with E-state index in [4.69, 9.17) is 4.74 Å². The SMILES string of the molecule is COc1cc(-c2nc(-c3ccc(Br)cc3)cs2)ccc1F. The fourth-order valence-corrected chi connectivity index (χ4v) is 3.04. The van der Waals surface area contributed by atoms with Crippen LogP contribution in [0.15, 0.2) is 52.3 Å². The average Bonchev–Trinajstić information content (AvgIpc) is 2.98. The Morgan fingerprint density at radius 3 is 2.52 bits per heavy atom. The minimum atomic E-state index is -0.370. The summed E-state index contributed by atoms with van der Waals surface area (Å²) in [6.45, 7) is 0. The van der Waals surface area contributed by atoms with Crippen LogP contribution in [0.25, 0.3) is 21.8 Å². The number of aromatic nitrogens is 1. The summed E-state index contributed by atoms with van der Waals surface area (Å²) >= 11 is 4.94.